The monoisotopic (exact) mass is 354 g/mol. The minimum absolute atomic E-state index is 0.180. The summed E-state index contributed by atoms with van der Waals surface area (Å²) in [6, 6.07) is 1.76. The van der Waals surface area contributed by atoms with Crippen LogP contribution in [-0.4, -0.2) is 27.4 Å². The van der Waals surface area contributed by atoms with Crippen LogP contribution in [0, 0.1) is 6.92 Å². The van der Waals surface area contributed by atoms with Crippen LogP contribution >= 0.6 is 35.0 Å². The number of nitrogens with zero attached hydrogens (tertiary/aromatic N) is 3. The summed E-state index contributed by atoms with van der Waals surface area (Å²) in [5.74, 6) is -0.180. The van der Waals surface area contributed by atoms with Gasteiger partial charge in [0.1, 0.15) is 10.2 Å². The summed E-state index contributed by atoms with van der Waals surface area (Å²) >= 11 is 13.4. The van der Waals surface area contributed by atoms with Crippen LogP contribution in [0.3, 0.4) is 0 Å². The summed E-state index contributed by atoms with van der Waals surface area (Å²) in [5.41, 5.74) is 1.90. The van der Waals surface area contributed by atoms with E-state index in [-0.39, 0.29) is 11.1 Å². The molecule has 5 nitrogen and oxygen atoms in total. The van der Waals surface area contributed by atoms with E-state index in [0.29, 0.717) is 22.3 Å². The van der Waals surface area contributed by atoms with Crippen molar-refractivity contribution in [1.29, 1.82) is 0 Å². The van der Waals surface area contributed by atoms with Gasteiger partial charge in [0.2, 0.25) is 0 Å². The van der Waals surface area contributed by atoms with E-state index < -0.39 is 0 Å². The van der Waals surface area contributed by atoms with Gasteiger partial charge in [-0.05, 0) is 25.8 Å². The van der Waals surface area contributed by atoms with Gasteiger partial charge in [-0.2, -0.15) is 0 Å². The fraction of sp³-hybridized carbons (Fsp3) is 0.286. The number of rotatable bonds is 2. The van der Waals surface area contributed by atoms with Gasteiger partial charge in [0.05, 0.1) is 16.4 Å². The van der Waals surface area contributed by atoms with E-state index >= 15 is 0 Å². The highest BCUT2D eigenvalue weighted by molar-refractivity contribution is 7.99. The molecule has 2 aromatic heterocycles. The lowest BCUT2D eigenvalue weighted by Crippen LogP contribution is -2.24. The highest BCUT2D eigenvalue weighted by Gasteiger charge is 2.21. The second-order valence-corrected chi connectivity index (χ2v) is 6.55. The smallest absolute Gasteiger partial charge is 0.271 e. The van der Waals surface area contributed by atoms with Crippen LogP contribution in [0.5, 0.6) is 0 Å². The molecule has 0 aromatic carbocycles. The first kappa shape index (κ1) is 15.5. The molecule has 3 rings (SSSR count). The van der Waals surface area contributed by atoms with Crippen LogP contribution < -0.4 is 5.32 Å². The van der Waals surface area contributed by atoms with Crippen LogP contribution in [0.2, 0.25) is 10.2 Å². The summed E-state index contributed by atoms with van der Waals surface area (Å²) in [5, 5.41) is 4.07. The second kappa shape index (κ2) is 6.40. The summed E-state index contributed by atoms with van der Waals surface area (Å²) in [4.78, 5) is 25.7. The lowest BCUT2D eigenvalue weighted by molar-refractivity contribution is 0.0950. The first-order valence-corrected chi connectivity index (χ1v) is 8.27. The standard InChI is InChI=1S/C14H12Cl2N4OS/c1-7-14(22-9-4-6-17-12(16)10(9)15)20-11-8(19-7)3-2-5-18-13(11)21/h4,6H,2-3,5H2,1H3,(H,18,21). The van der Waals surface area contributed by atoms with Gasteiger partial charge in [0.25, 0.3) is 5.91 Å². The normalized spacial score (nSPS) is 14.2. The molecule has 1 N–H and O–H groups in total. The maximum atomic E-state index is 12.1. The van der Waals surface area contributed by atoms with E-state index in [0.717, 1.165) is 29.1 Å². The van der Waals surface area contributed by atoms with Gasteiger partial charge in [-0.1, -0.05) is 35.0 Å². The third-order valence-electron chi connectivity index (χ3n) is 3.21. The zero-order chi connectivity index (χ0) is 15.7. The van der Waals surface area contributed by atoms with Crippen molar-refractivity contribution in [3.05, 3.63) is 39.5 Å². The van der Waals surface area contributed by atoms with Crippen molar-refractivity contribution in [1.82, 2.24) is 20.3 Å². The van der Waals surface area contributed by atoms with Crippen molar-refractivity contribution in [2.24, 2.45) is 0 Å². The molecule has 114 valence electrons. The minimum Gasteiger partial charge on any atom is -0.351 e. The van der Waals surface area contributed by atoms with E-state index in [1.165, 1.54) is 11.8 Å². The Hall–Kier alpha value is -1.37. The van der Waals surface area contributed by atoms with Crippen LogP contribution in [0.1, 0.15) is 28.3 Å². The lowest BCUT2D eigenvalue weighted by atomic mass is 10.2. The predicted molar refractivity (Wildman–Crippen MR) is 85.8 cm³/mol. The molecule has 8 heteroatoms. The number of pyridine rings is 1. The number of hydrogen-bond acceptors (Lipinski definition) is 5. The molecule has 0 saturated heterocycles. The van der Waals surface area contributed by atoms with Crippen molar-refractivity contribution >= 4 is 40.9 Å². The number of fused-ring (bicyclic) bond motifs is 1. The van der Waals surface area contributed by atoms with E-state index in [2.05, 4.69) is 20.3 Å². The maximum Gasteiger partial charge on any atom is 0.271 e. The molecule has 0 atom stereocenters. The molecular formula is C14H12Cl2N4OS. The number of aryl methyl sites for hydroxylation is 2. The van der Waals surface area contributed by atoms with Crippen molar-refractivity contribution in [3.8, 4) is 0 Å². The molecule has 0 aliphatic carbocycles. The summed E-state index contributed by atoms with van der Waals surface area (Å²) in [7, 11) is 0. The van der Waals surface area contributed by atoms with Gasteiger partial charge in [-0.3, -0.25) is 9.78 Å². The van der Waals surface area contributed by atoms with Gasteiger partial charge in [0, 0.05) is 17.6 Å². The molecule has 0 fully saturated rings. The Morgan fingerprint density at radius 3 is 2.95 bits per heavy atom. The van der Waals surface area contributed by atoms with Gasteiger partial charge in [0.15, 0.2) is 5.69 Å². The Balaban J connectivity index is 2.01. The van der Waals surface area contributed by atoms with Gasteiger partial charge in [-0.25, -0.2) is 9.97 Å². The third kappa shape index (κ3) is 3.04. The lowest BCUT2D eigenvalue weighted by Gasteiger charge is -2.10. The zero-order valence-corrected chi connectivity index (χ0v) is 14.0. The van der Waals surface area contributed by atoms with Crippen LogP contribution in [0.25, 0.3) is 0 Å². The van der Waals surface area contributed by atoms with Gasteiger partial charge in [-0.15, -0.1) is 0 Å². The number of hydrogen-bond donors (Lipinski definition) is 1. The highest BCUT2D eigenvalue weighted by atomic mass is 35.5. The number of carbonyl (C=O) groups is 1. The van der Waals surface area contributed by atoms with Crippen molar-refractivity contribution in [2.75, 3.05) is 6.54 Å². The number of halogens is 2. The first-order chi connectivity index (χ1) is 10.6. The van der Waals surface area contributed by atoms with E-state index in [1.807, 2.05) is 6.92 Å². The van der Waals surface area contributed by atoms with E-state index in [4.69, 9.17) is 23.2 Å². The number of nitrogens with one attached hydrogen (secondary N) is 1. The molecule has 0 spiro atoms. The maximum absolute atomic E-state index is 12.1. The topological polar surface area (TPSA) is 67.8 Å². The molecule has 1 aliphatic heterocycles. The Kier molecular flexibility index (Phi) is 4.52. The number of carbonyl (C=O) groups excluding carboxylic acids is 1. The SMILES string of the molecule is Cc1nc2c(nc1Sc1ccnc(Cl)c1Cl)C(=O)NCCC2. The molecule has 22 heavy (non-hydrogen) atoms. The third-order valence-corrected chi connectivity index (χ3v) is 5.23. The minimum atomic E-state index is -0.180. The fourth-order valence-corrected chi connectivity index (χ4v) is 3.42. The summed E-state index contributed by atoms with van der Waals surface area (Å²) < 4.78 is 0. The van der Waals surface area contributed by atoms with Crippen LogP contribution in [-0.2, 0) is 6.42 Å². The molecule has 1 aliphatic rings. The molecular weight excluding hydrogens is 343 g/mol. The number of amides is 1. The molecule has 1 amide bonds. The van der Waals surface area contributed by atoms with Gasteiger partial charge < -0.3 is 5.32 Å². The van der Waals surface area contributed by atoms with Crippen LogP contribution in [0.15, 0.2) is 22.2 Å². The molecule has 0 unspecified atom stereocenters. The average Bonchev–Trinajstić information content (AvgIpc) is 2.66. The Morgan fingerprint density at radius 1 is 1.32 bits per heavy atom. The zero-order valence-electron chi connectivity index (χ0n) is 11.7. The van der Waals surface area contributed by atoms with Crippen molar-refractivity contribution in [2.45, 2.75) is 29.7 Å². The molecule has 2 aromatic rings. The predicted octanol–water partition coefficient (Wildman–Crippen LogP) is 3.31. The average molecular weight is 355 g/mol. The molecule has 0 radical (unpaired) electrons. The molecule has 0 saturated carbocycles. The van der Waals surface area contributed by atoms with Gasteiger partial charge >= 0.3 is 0 Å². The second-order valence-electron chi connectivity index (χ2n) is 4.78. The van der Waals surface area contributed by atoms with Crippen molar-refractivity contribution in [3.63, 3.8) is 0 Å². The summed E-state index contributed by atoms with van der Waals surface area (Å²) in [6.07, 6.45) is 3.19. The highest BCUT2D eigenvalue weighted by Crippen LogP contribution is 2.36. The molecule has 0 bridgehead atoms. The fourth-order valence-electron chi connectivity index (χ4n) is 2.13. The van der Waals surface area contributed by atoms with E-state index in [9.17, 15) is 4.79 Å². The largest absolute Gasteiger partial charge is 0.351 e. The quantitative estimate of drug-likeness (QED) is 0.837. The van der Waals surface area contributed by atoms with Crippen LogP contribution in [0.4, 0.5) is 0 Å². The molecule has 3 heterocycles. The summed E-state index contributed by atoms with van der Waals surface area (Å²) in [6.45, 7) is 2.51. The Labute approximate surface area is 141 Å². The Morgan fingerprint density at radius 2 is 2.14 bits per heavy atom. The Bertz CT molecular complexity index is 754. The van der Waals surface area contributed by atoms with E-state index in [1.54, 1.807) is 12.3 Å². The number of aromatic nitrogens is 3. The van der Waals surface area contributed by atoms with Crippen molar-refractivity contribution < 1.29 is 4.79 Å². The first-order valence-electron chi connectivity index (χ1n) is 6.70.